The van der Waals surface area contributed by atoms with Crippen molar-refractivity contribution in [1.29, 1.82) is 0 Å². The van der Waals surface area contributed by atoms with E-state index in [1.165, 1.54) is 12.1 Å². The van der Waals surface area contributed by atoms with E-state index >= 15 is 0 Å². The molecule has 1 aromatic carbocycles. The Labute approximate surface area is 160 Å². The van der Waals surface area contributed by atoms with E-state index in [0.717, 1.165) is 49.5 Å². The summed E-state index contributed by atoms with van der Waals surface area (Å²) in [6.07, 6.45) is -2.49. The Balaban J connectivity index is 1.50. The highest BCUT2D eigenvalue weighted by Gasteiger charge is 2.35. The summed E-state index contributed by atoms with van der Waals surface area (Å²) >= 11 is 0. The van der Waals surface area contributed by atoms with Gasteiger partial charge in [-0.3, -0.25) is 9.69 Å². The maximum absolute atomic E-state index is 13.1. The maximum Gasteiger partial charge on any atom is 0.433 e. The van der Waals surface area contributed by atoms with Crippen LogP contribution in [-0.2, 0) is 6.18 Å². The summed E-state index contributed by atoms with van der Waals surface area (Å²) in [6, 6.07) is 7.49. The lowest BCUT2D eigenvalue weighted by Gasteiger charge is -2.32. The zero-order valence-corrected chi connectivity index (χ0v) is 15.3. The number of halogens is 3. The predicted molar refractivity (Wildman–Crippen MR) is 97.3 cm³/mol. The average Bonchev–Trinajstić information content (AvgIpc) is 3.38. The number of alkyl halides is 3. The highest BCUT2D eigenvalue weighted by atomic mass is 19.4. The van der Waals surface area contributed by atoms with Crippen molar-refractivity contribution >= 4 is 5.91 Å². The van der Waals surface area contributed by atoms with Gasteiger partial charge in [0.1, 0.15) is 5.69 Å². The molecule has 4 rings (SSSR count). The summed E-state index contributed by atoms with van der Waals surface area (Å²) < 4.78 is 40.3. The molecule has 3 heterocycles. The van der Waals surface area contributed by atoms with Crippen LogP contribution in [0, 0.1) is 0 Å². The molecule has 0 saturated carbocycles. The van der Waals surface area contributed by atoms with E-state index in [9.17, 15) is 18.0 Å². The van der Waals surface area contributed by atoms with Crippen molar-refractivity contribution in [2.24, 2.45) is 0 Å². The Morgan fingerprint density at radius 3 is 2.68 bits per heavy atom. The SMILES string of the molecule is O=C(c1cccc(-n2nccc2C(F)(F)F)c1)N1CCC(N2CCNCC2)C1. The molecule has 1 N–H and O–H groups in total. The molecule has 0 bridgehead atoms. The zero-order valence-electron chi connectivity index (χ0n) is 15.3. The van der Waals surface area contributed by atoms with Gasteiger partial charge in [-0.15, -0.1) is 0 Å². The number of nitrogens with one attached hydrogen (secondary N) is 1. The first-order valence-electron chi connectivity index (χ1n) is 9.39. The Bertz CT molecular complexity index is 844. The highest BCUT2D eigenvalue weighted by molar-refractivity contribution is 5.95. The number of carbonyl (C=O) groups is 1. The lowest BCUT2D eigenvalue weighted by Crippen LogP contribution is -2.49. The van der Waals surface area contributed by atoms with Gasteiger partial charge in [0.2, 0.25) is 0 Å². The van der Waals surface area contributed by atoms with E-state index in [-0.39, 0.29) is 11.6 Å². The molecule has 9 heteroatoms. The second-order valence-corrected chi connectivity index (χ2v) is 7.16. The minimum Gasteiger partial charge on any atom is -0.337 e. The number of hydrogen-bond donors (Lipinski definition) is 1. The van der Waals surface area contributed by atoms with Gasteiger partial charge < -0.3 is 10.2 Å². The molecule has 1 atom stereocenters. The summed E-state index contributed by atoms with van der Waals surface area (Å²) in [5.74, 6) is -0.153. The lowest BCUT2D eigenvalue weighted by atomic mass is 10.1. The van der Waals surface area contributed by atoms with E-state index < -0.39 is 11.9 Å². The predicted octanol–water partition coefficient (Wildman–Crippen LogP) is 2.01. The molecule has 150 valence electrons. The van der Waals surface area contributed by atoms with Gasteiger partial charge in [-0.2, -0.15) is 18.3 Å². The molecule has 0 aliphatic carbocycles. The van der Waals surface area contributed by atoms with Crippen LogP contribution >= 0.6 is 0 Å². The van der Waals surface area contributed by atoms with Gasteiger partial charge in [-0.25, -0.2) is 4.68 Å². The number of amides is 1. The van der Waals surface area contributed by atoms with Crippen molar-refractivity contribution in [2.75, 3.05) is 39.3 Å². The molecule has 6 nitrogen and oxygen atoms in total. The normalized spacial score (nSPS) is 21.2. The van der Waals surface area contributed by atoms with Crippen LogP contribution in [0.3, 0.4) is 0 Å². The van der Waals surface area contributed by atoms with Crippen LogP contribution in [0.25, 0.3) is 5.69 Å². The number of rotatable bonds is 3. The lowest BCUT2D eigenvalue weighted by molar-refractivity contribution is -0.142. The van der Waals surface area contributed by atoms with E-state index in [0.29, 0.717) is 24.7 Å². The average molecular weight is 393 g/mol. The fraction of sp³-hybridized carbons (Fsp3) is 0.474. The smallest absolute Gasteiger partial charge is 0.337 e. The molecule has 2 aliphatic heterocycles. The quantitative estimate of drug-likeness (QED) is 0.867. The first kappa shape index (κ1) is 18.9. The molecule has 2 aliphatic rings. The second kappa shape index (κ2) is 7.56. The molecule has 1 amide bonds. The van der Waals surface area contributed by atoms with Crippen LogP contribution < -0.4 is 5.32 Å². The number of carbonyl (C=O) groups excluding carboxylic acids is 1. The van der Waals surface area contributed by atoms with Gasteiger partial charge in [-0.05, 0) is 30.7 Å². The summed E-state index contributed by atoms with van der Waals surface area (Å²) in [5.41, 5.74) is -0.264. The number of benzene rings is 1. The summed E-state index contributed by atoms with van der Waals surface area (Å²) in [7, 11) is 0. The first-order chi connectivity index (χ1) is 13.4. The number of likely N-dealkylation sites (tertiary alicyclic amines) is 1. The topological polar surface area (TPSA) is 53.4 Å². The van der Waals surface area contributed by atoms with Crippen molar-refractivity contribution in [1.82, 2.24) is 24.9 Å². The third-order valence-electron chi connectivity index (χ3n) is 5.39. The Morgan fingerprint density at radius 1 is 1.14 bits per heavy atom. The Hall–Kier alpha value is -2.39. The van der Waals surface area contributed by atoms with Gasteiger partial charge in [0, 0.05) is 50.9 Å². The van der Waals surface area contributed by atoms with E-state index in [2.05, 4.69) is 15.3 Å². The van der Waals surface area contributed by atoms with E-state index in [4.69, 9.17) is 0 Å². The van der Waals surface area contributed by atoms with Crippen molar-refractivity contribution in [3.05, 3.63) is 47.8 Å². The molecule has 2 saturated heterocycles. The summed E-state index contributed by atoms with van der Waals surface area (Å²) in [5, 5.41) is 7.11. The fourth-order valence-electron chi connectivity index (χ4n) is 3.95. The molecule has 28 heavy (non-hydrogen) atoms. The second-order valence-electron chi connectivity index (χ2n) is 7.16. The molecule has 0 radical (unpaired) electrons. The number of hydrogen-bond acceptors (Lipinski definition) is 4. The maximum atomic E-state index is 13.1. The minimum absolute atomic E-state index is 0.153. The van der Waals surface area contributed by atoms with Crippen LogP contribution in [0.1, 0.15) is 22.5 Å². The number of nitrogens with zero attached hydrogens (tertiary/aromatic N) is 4. The van der Waals surface area contributed by atoms with Crippen molar-refractivity contribution in [2.45, 2.75) is 18.6 Å². The molecule has 2 fully saturated rings. The van der Waals surface area contributed by atoms with Crippen molar-refractivity contribution in [3.63, 3.8) is 0 Å². The molecule has 0 spiro atoms. The van der Waals surface area contributed by atoms with Gasteiger partial charge in [0.25, 0.3) is 5.91 Å². The van der Waals surface area contributed by atoms with Crippen LogP contribution in [0.15, 0.2) is 36.5 Å². The zero-order chi connectivity index (χ0) is 19.7. The molecule has 1 aromatic heterocycles. The third-order valence-corrected chi connectivity index (χ3v) is 5.39. The summed E-state index contributed by atoms with van der Waals surface area (Å²) in [6.45, 7) is 5.17. The standard InChI is InChI=1S/C19H22F3N5O/c20-19(21,22)17-4-6-24-27(17)15-3-1-2-14(12-15)18(28)26-9-5-16(13-26)25-10-7-23-8-11-25/h1-4,6,12,16,23H,5,7-11,13H2. The molecular weight excluding hydrogens is 371 g/mol. The van der Waals surface area contributed by atoms with Crippen LogP contribution in [0.5, 0.6) is 0 Å². The molecule has 1 unspecified atom stereocenters. The van der Waals surface area contributed by atoms with E-state index in [1.807, 2.05) is 0 Å². The van der Waals surface area contributed by atoms with Gasteiger partial charge >= 0.3 is 6.18 Å². The number of aromatic nitrogens is 2. The Morgan fingerprint density at radius 2 is 1.93 bits per heavy atom. The monoisotopic (exact) mass is 393 g/mol. The largest absolute Gasteiger partial charge is 0.433 e. The fourth-order valence-corrected chi connectivity index (χ4v) is 3.95. The Kier molecular flexibility index (Phi) is 5.11. The number of piperazine rings is 1. The van der Waals surface area contributed by atoms with Crippen molar-refractivity contribution < 1.29 is 18.0 Å². The van der Waals surface area contributed by atoms with Crippen molar-refractivity contribution in [3.8, 4) is 5.69 Å². The highest BCUT2D eigenvalue weighted by Crippen LogP contribution is 2.30. The summed E-state index contributed by atoms with van der Waals surface area (Å²) in [4.78, 5) is 17.1. The van der Waals surface area contributed by atoms with Crippen LogP contribution in [-0.4, -0.2) is 70.8 Å². The molecule has 2 aromatic rings. The van der Waals surface area contributed by atoms with Gasteiger partial charge in [0.05, 0.1) is 11.9 Å². The van der Waals surface area contributed by atoms with Gasteiger partial charge in [0.15, 0.2) is 0 Å². The first-order valence-corrected chi connectivity index (χ1v) is 9.39. The van der Waals surface area contributed by atoms with Crippen LogP contribution in [0.4, 0.5) is 13.2 Å². The van der Waals surface area contributed by atoms with E-state index in [1.54, 1.807) is 17.0 Å². The molecular formula is C19H22F3N5O. The van der Waals surface area contributed by atoms with Crippen LogP contribution in [0.2, 0.25) is 0 Å². The third kappa shape index (κ3) is 3.77. The van der Waals surface area contributed by atoms with Gasteiger partial charge in [-0.1, -0.05) is 6.07 Å². The minimum atomic E-state index is -4.51.